The van der Waals surface area contributed by atoms with Gasteiger partial charge in [0.25, 0.3) is 11.8 Å². The van der Waals surface area contributed by atoms with Crippen LogP contribution >= 0.6 is 0 Å². The second kappa shape index (κ2) is 7.97. The average molecular weight is 336 g/mol. The van der Waals surface area contributed by atoms with Crippen molar-refractivity contribution in [2.75, 3.05) is 13.1 Å². The van der Waals surface area contributed by atoms with Crippen LogP contribution in [0.15, 0.2) is 48.5 Å². The lowest BCUT2D eigenvalue weighted by molar-refractivity contribution is 0.0724. The summed E-state index contributed by atoms with van der Waals surface area (Å²) in [6, 6.07) is 15.0. The predicted molar refractivity (Wildman–Crippen MR) is 98.5 cm³/mol. The summed E-state index contributed by atoms with van der Waals surface area (Å²) in [6.07, 6.45) is 3.35. The molecule has 4 nitrogen and oxygen atoms in total. The standard InChI is InChI=1S/C21H24N2O2/c1-16-6-5-7-17(14-16)15-22-20(24)18-8-10-19(11-9-18)21(25)23-12-3-2-4-13-23/h5-11,14H,2-4,12-13,15H2,1H3,(H,22,24). The van der Waals surface area contributed by atoms with E-state index >= 15 is 0 Å². The fourth-order valence-electron chi connectivity index (χ4n) is 3.15. The van der Waals surface area contributed by atoms with Crippen LogP contribution in [-0.2, 0) is 6.54 Å². The number of rotatable bonds is 4. The van der Waals surface area contributed by atoms with Crippen molar-refractivity contribution in [2.24, 2.45) is 0 Å². The Bertz CT molecular complexity index is 747. The lowest BCUT2D eigenvalue weighted by Gasteiger charge is -2.26. The maximum absolute atomic E-state index is 12.4. The monoisotopic (exact) mass is 336 g/mol. The van der Waals surface area contributed by atoms with Gasteiger partial charge in [-0.3, -0.25) is 9.59 Å². The molecule has 1 heterocycles. The van der Waals surface area contributed by atoms with Crippen molar-refractivity contribution in [2.45, 2.75) is 32.7 Å². The van der Waals surface area contributed by atoms with Crippen LogP contribution in [-0.4, -0.2) is 29.8 Å². The van der Waals surface area contributed by atoms with Gasteiger partial charge >= 0.3 is 0 Å². The number of amides is 2. The Kier molecular flexibility index (Phi) is 5.49. The molecule has 4 heteroatoms. The molecule has 25 heavy (non-hydrogen) atoms. The minimum absolute atomic E-state index is 0.0615. The van der Waals surface area contributed by atoms with Crippen molar-refractivity contribution in [3.63, 3.8) is 0 Å². The molecule has 2 amide bonds. The maximum atomic E-state index is 12.4. The number of carbonyl (C=O) groups excluding carboxylic acids is 2. The molecule has 0 atom stereocenters. The molecule has 0 radical (unpaired) electrons. The zero-order chi connectivity index (χ0) is 17.6. The fraction of sp³-hybridized carbons (Fsp3) is 0.333. The SMILES string of the molecule is Cc1cccc(CNC(=O)c2ccc(C(=O)N3CCCCC3)cc2)c1. The Balaban J connectivity index is 1.59. The zero-order valence-corrected chi connectivity index (χ0v) is 14.6. The van der Waals surface area contributed by atoms with Crippen LogP contribution in [0.25, 0.3) is 0 Å². The van der Waals surface area contributed by atoms with Gasteiger partial charge in [-0.1, -0.05) is 29.8 Å². The molecule has 1 aliphatic rings. The number of aryl methyl sites for hydroxylation is 1. The van der Waals surface area contributed by atoms with Crippen molar-refractivity contribution in [3.05, 3.63) is 70.8 Å². The normalized spacial score (nSPS) is 14.2. The van der Waals surface area contributed by atoms with E-state index in [1.807, 2.05) is 30.0 Å². The lowest BCUT2D eigenvalue weighted by Crippen LogP contribution is -2.35. The van der Waals surface area contributed by atoms with E-state index in [-0.39, 0.29) is 11.8 Å². The Morgan fingerprint density at radius 2 is 1.64 bits per heavy atom. The number of hydrogen-bond donors (Lipinski definition) is 1. The van der Waals surface area contributed by atoms with Gasteiger partial charge in [0.1, 0.15) is 0 Å². The van der Waals surface area contributed by atoms with Gasteiger partial charge in [0.2, 0.25) is 0 Å². The van der Waals surface area contributed by atoms with Gasteiger partial charge in [0.05, 0.1) is 0 Å². The summed E-state index contributed by atoms with van der Waals surface area (Å²) in [5.41, 5.74) is 3.47. The van der Waals surface area contributed by atoms with Gasteiger partial charge in [-0.2, -0.15) is 0 Å². The van der Waals surface area contributed by atoms with Gasteiger partial charge in [0, 0.05) is 30.8 Å². The number of likely N-dealkylation sites (tertiary alicyclic amines) is 1. The van der Waals surface area contributed by atoms with Crippen molar-refractivity contribution >= 4 is 11.8 Å². The molecule has 130 valence electrons. The Hall–Kier alpha value is -2.62. The van der Waals surface area contributed by atoms with Crippen LogP contribution < -0.4 is 5.32 Å². The van der Waals surface area contributed by atoms with E-state index in [2.05, 4.69) is 11.4 Å². The summed E-state index contributed by atoms with van der Waals surface area (Å²) in [7, 11) is 0. The van der Waals surface area contributed by atoms with Crippen LogP contribution in [0.2, 0.25) is 0 Å². The third-order valence-electron chi connectivity index (χ3n) is 4.57. The molecule has 1 saturated heterocycles. The van der Waals surface area contributed by atoms with Crippen LogP contribution in [0.5, 0.6) is 0 Å². The second-order valence-electron chi connectivity index (χ2n) is 6.60. The Morgan fingerprint density at radius 3 is 2.32 bits per heavy atom. The van der Waals surface area contributed by atoms with Gasteiger partial charge in [-0.25, -0.2) is 0 Å². The lowest BCUT2D eigenvalue weighted by atomic mass is 10.1. The maximum Gasteiger partial charge on any atom is 0.253 e. The topological polar surface area (TPSA) is 49.4 Å². The predicted octanol–water partition coefficient (Wildman–Crippen LogP) is 3.55. The molecule has 0 aliphatic carbocycles. The van der Waals surface area contributed by atoms with Crippen molar-refractivity contribution in [3.8, 4) is 0 Å². The van der Waals surface area contributed by atoms with E-state index in [0.29, 0.717) is 17.7 Å². The van der Waals surface area contributed by atoms with E-state index in [9.17, 15) is 9.59 Å². The van der Waals surface area contributed by atoms with Crippen molar-refractivity contribution < 1.29 is 9.59 Å². The summed E-state index contributed by atoms with van der Waals surface area (Å²) in [6.45, 7) is 4.19. The first-order valence-corrected chi connectivity index (χ1v) is 8.86. The summed E-state index contributed by atoms with van der Waals surface area (Å²) in [5, 5.41) is 2.92. The third-order valence-corrected chi connectivity index (χ3v) is 4.57. The van der Waals surface area contributed by atoms with Crippen LogP contribution in [0.1, 0.15) is 51.1 Å². The molecule has 0 spiro atoms. The van der Waals surface area contributed by atoms with E-state index in [1.54, 1.807) is 24.3 Å². The first-order valence-electron chi connectivity index (χ1n) is 8.86. The Morgan fingerprint density at radius 1 is 0.960 bits per heavy atom. The summed E-state index contributed by atoms with van der Waals surface area (Å²) in [4.78, 5) is 26.6. The highest BCUT2D eigenvalue weighted by atomic mass is 16.2. The van der Waals surface area contributed by atoms with E-state index < -0.39 is 0 Å². The molecule has 2 aromatic carbocycles. The number of nitrogens with one attached hydrogen (secondary N) is 1. The molecule has 0 unspecified atom stereocenters. The number of carbonyl (C=O) groups is 2. The van der Waals surface area contributed by atoms with Gasteiger partial charge in [-0.05, 0) is 56.0 Å². The quantitative estimate of drug-likeness (QED) is 0.928. The molecular weight excluding hydrogens is 312 g/mol. The van der Waals surface area contributed by atoms with E-state index in [1.165, 1.54) is 12.0 Å². The number of benzene rings is 2. The smallest absolute Gasteiger partial charge is 0.253 e. The first kappa shape index (κ1) is 17.2. The zero-order valence-electron chi connectivity index (χ0n) is 14.6. The highest BCUT2D eigenvalue weighted by Gasteiger charge is 2.18. The molecule has 0 aromatic heterocycles. The molecule has 1 fully saturated rings. The largest absolute Gasteiger partial charge is 0.348 e. The number of hydrogen-bond acceptors (Lipinski definition) is 2. The van der Waals surface area contributed by atoms with Crippen LogP contribution in [0, 0.1) is 6.92 Å². The van der Waals surface area contributed by atoms with Gasteiger partial charge < -0.3 is 10.2 Å². The molecule has 2 aromatic rings. The second-order valence-corrected chi connectivity index (χ2v) is 6.60. The molecule has 3 rings (SSSR count). The summed E-state index contributed by atoms with van der Waals surface area (Å²) in [5.74, 6) is -0.0649. The molecule has 1 aliphatic heterocycles. The molecule has 1 N–H and O–H groups in total. The Labute approximate surface area is 148 Å². The molecule has 0 bridgehead atoms. The first-order chi connectivity index (χ1) is 12.1. The fourth-order valence-corrected chi connectivity index (χ4v) is 3.15. The molecular formula is C21H24N2O2. The summed E-state index contributed by atoms with van der Waals surface area (Å²) >= 11 is 0. The van der Waals surface area contributed by atoms with Crippen molar-refractivity contribution in [1.82, 2.24) is 10.2 Å². The minimum Gasteiger partial charge on any atom is -0.348 e. The average Bonchev–Trinajstić information content (AvgIpc) is 2.66. The third kappa shape index (κ3) is 4.47. The van der Waals surface area contributed by atoms with Crippen LogP contribution in [0.4, 0.5) is 0 Å². The number of nitrogens with zero attached hydrogens (tertiary/aromatic N) is 1. The van der Waals surface area contributed by atoms with E-state index in [4.69, 9.17) is 0 Å². The molecule has 0 saturated carbocycles. The van der Waals surface area contributed by atoms with Crippen LogP contribution in [0.3, 0.4) is 0 Å². The number of piperidine rings is 1. The van der Waals surface area contributed by atoms with Gasteiger partial charge in [-0.15, -0.1) is 0 Å². The summed E-state index contributed by atoms with van der Waals surface area (Å²) < 4.78 is 0. The van der Waals surface area contributed by atoms with Crippen molar-refractivity contribution in [1.29, 1.82) is 0 Å². The van der Waals surface area contributed by atoms with Gasteiger partial charge in [0.15, 0.2) is 0 Å². The van der Waals surface area contributed by atoms with E-state index in [0.717, 1.165) is 31.5 Å². The minimum atomic E-state index is -0.126. The highest BCUT2D eigenvalue weighted by Crippen LogP contribution is 2.14. The highest BCUT2D eigenvalue weighted by molar-refractivity contribution is 5.97.